The van der Waals surface area contributed by atoms with Gasteiger partial charge in [0.2, 0.25) is 5.82 Å². The molecule has 0 aliphatic carbocycles. The lowest BCUT2D eigenvalue weighted by molar-refractivity contribution is 0.118. The fourth-order valence-corrected chi connectivity index (χ4v) is 1.07. The highest BCUT2D eigenvalue weighted by Gasteiger charge is 2.25. The van der Waals surface area contributed by atoms with Crippen LogP contribution >= 0.6 is 0 Å². The van der Waals surface area contributed by atoms with Gasteiger partial charge in [0.05, 0.1) is 18.8 Å². The average Bonchev–Trinajstić information content (AvgIpc) is 2.42. The number of nitrogens with zero attached hydrogens (tertiary/aromatic N) is 1. The van der Waals surface area contributed by atoms with E-state index in [9.17, 15) is 22.0 Å². The van der Waals surface area contributed by atoms with Crippen LogP contribution in [0, 0.1) is 29.1 Å². The van der Waals surface area contributed by atoms with Crippen molar-refractivity contribution in [2.75, 3.05) is 13.2 Å². The Hall–Kier alpha value is -1.74. The van der Waals surface area contributed by atoms with Gasteiger partial charge in [0, 0.05) is 0 Å². The normalized spacial score (nSPS) is 10.5. The number of hydrogen-bond donors (Lipinski definition) is 2. The summed E-state index contributed by atoms with van der Waals surface area (Å²) >= 11 is 0. The molecule has 0 aliphatic heterocycles. The van der Waals surface area contributed by atoms with Gasteiger partial charge in [0.25, 0.3) is 0 Å². The zero-order chi connectivity index (χ0) is 14.6. The van der Waals surface area contributed by atoms with Crippen LogP contribution in [-0.4, -0.2) is 29.1 Å². The minimum Gasteiger partial charge on any atom is -0.391 e. The van der Waals surface area contributed by atoms with Crippen molar-refractivity contribution in [3.05, 3.63) is 34.6 Å². The van der Waals surface area contributed by atoms with Crippen molar-refractivity contribution >= 4 is 5.71 Å². The minimum absolute atomic E-state index is 0.274. The number of halogens is 5. The van der Waals surface area contributed by atoms with E-state index in [1.807, 2.05) is 0 Å². The highest BCUT2D eigenvalue weighted by Crippen LogP contribution is 2.23. The molecule has 1 aromatic rings. The molecule has 0 amide bonds. The summed E-state index contributed by atoms with van der Waals surface area (Å²) in [5.74, 6) is -10.5. The van der Waals surface area contributed by atoms with Crippen molar-refractivity contribution in [2.24, 2.45) is 5.16 Å². The van der Waals surface area contributed by atoms with Gasteiger partial charge in [0.1, 0.15) is 12.3 Å². The molecule has 4 nitrogen and oxygen atoms in total. The second-order valence-corrected chi connectivity index (χ2v) is 3.30. The molecule has 1 aromatic carbocycles. The first-order valence-corrected chi connectivity index (χ1v) is 4.83. The number of hydrogen-bond acceptors (Lipinski definition) is 4. The molecule has 0 saturated carbocycles. The van der Waals surface area contributed by atoms with Crippen LogP contribution in [0.15, 0.2) is 5.16 Å². The SMILES string of the molecule is OCC(CO)=NOCc1c(F)c(F)c(F)c(F)c1F. The Morgan fingerprint density at radius 3 is 1.68 bits per heavy atom. The van der Waals surface area contributed by atoms with E-state index in [4.69, 9.17) is 10.2 Å². The Labute approximate surface area is 103 Å². The van der Waals surface area contributed by atoms with Gasteiger partial charge < -0.3 is 15.1 Å². The number of aliphatic hydroxyl groups is 2. The standard InChI is InChI=1S/C10H8F5NO3/c11-6-5(3-19-16-4(1-17)2-18)7(12)9(14)10(15)8(6)13/h17-18H,1-3H2. The summed E-state index contributed by atoms with van der Waals surface area (Å²) < 4.78 is 64.6. The molecule has 0 radical (unpaired) electrons. The zero-order valence-electron chi connectivity index (χ0n) is 9.26. The third-order valence-electron chi connectivity index (χ3n) is 2.07. The second kappa shape index (κ2) is 6.43. The van der Waals surface area contributed by atoms with Crippen molar-refractivity contribution in [1.29, 1.82) is 0 Å². The Kier molecular flexibility index (Phi) is 5.19. The lowest BCUT2D eigenvalue weighted by Gasteiger charge is -2.07. The molecule has 0 aliphatic rings. The summed E-state index contributed by atoms with van der Waals surface area (Å²) in [7, 11) is 0. The Bertz CT molecular complexity index is 471. The van der Waals surface area contributed by atoms with Crippen molar-refractivity contribution in [3.8, 4) is 0 Å². The van der Waals surface area contributed by atoms with E-state index in [0.717, 1.165) is 0 Å². The molecule has 1 rings (SSSR count). The number of oxime groups is 1. The molecule has 0 bridgehead atoms. The molecule has 9 heteroatoms. The summed E-state index contributed by atoms with van der Waals surface area (Å²) in [5, 5.41) is 20.2. The summed E-state index contributed by atoms with van der Waals surface area (Å²) in [5.41, 5.74) is -1.47. The van der Waals surface area contributed by atoms with Crippen LogP contribution in [0.4, 0.5) is 22.0 Å². The fourth-order valence-electron chi connectivity index (χ4n) is 1.07. The number of benzene rings is 1. The minimum atomic E-state index is -2.27. The Balaban J connectivity index is 3.00. The molecule has 0 fully saturated rings. The largest absolute Gasteiger partial charge is 0.391 e. The second-order valence-electron chi connectivity index (χ2n) is 3.30. The molecule has 0 unspecified atom stereocenters. The van der Waals surface area contributed by atoms with Gasteiger partial charge in [-0.1, -0.05) is 5.16 Å². The van der Waals surface area contributed by atoms with Gasteiger partial charge in [0.15, 0.2) is 23.3 Å². The van der Waals surface area contributed by atoms with Crippen LogP contribution in [0.1, 0.15) is 5.56 Å². The maximum Gasteiger partial charge on any atom is 0.200 e. The van der Waals surface area contributed by atoms with Crippen LogP contribution in [0.5, 0.6) is 0 Å². The molecule has 2 N–H and O–H groups in total. The topological polar surface area (TPSA) is 62.0 Å². The smallest absolute Gasteiger partial charge is 0.200 e. The summed E-state index contributed by atoms with van der Waals surface area (Å²) in [4.78, 5) is 4.31. The monoisotopic (exact) mass is 285 g/mol. The summed E-state index contributed by atoms with van der Waals surface area (Å²) in [6.07, 6.45) is 0. The maximum absolute atomic E-state index is 13.1. The van der Waals surface area contributed by atoms with Crippen LogP contribution in [0.25, 0.3) is 0 Å². The van der Waals surface area contributed by atoms with Crippen LogP contribution in [-0.2, 0) is 11.4 Å². The summed E-state index contributed by atoms with van der Waals surface area (Å²) in [6, 6.07) is 0. The van der Waals surface area contributed by atoms with Crippen LogP contribution < -0.4 is 0 Å². The van der Waals surface area contributed by atoms with Crippen LogP contribution in [0.3, 0.4) is 0 Å². The Morgan fingerprint density at radius 1 is 0.842 bits per heavy atom. The quantitative estimate of drug-likeness (QED) is 0.281. The van der Waals surface area contributed by atoms with E-state index in [-0.39, 0.29) is 5.71 Å². The highest BCUT2D eigenvalue weighted by molar-refractivity contribution is 5.85. The number of rotatable bonds is 5. The van der Waals surface area contributed by atoms with Gasteiger partial charge in [-0.25, -0.2) is 22.0 Å². The first kappa shape index (κ1) is 15.3. The highest BCUT2D eigenvalue weighted by atomic mass is 19.2. The molecular weight excluding hydrogens is 277 g/mol. The third kappa shape index (κ3) is 3.18. The maximum atomic E-state index is 13.1. The van der Waals surface area contributed by atoms with Crippen LogP contribution in [0.2, 0.25) is 0 Å². The molecular formula is C10H8F5NO3. The van der Waals surface area contributed by atoms with Gasteiger partial charge in [-0.15, -0.1) is 0 Å². The molecule has 0 atom stereocenters. The number of aliphatic hydroxyl groups excluding tert-OH is 2. The van der Waals surface area contributed by atoms with E-state index in [0.29, 0.717) is 0 Å². The third-order valence-corrected chi connectivity index (χ3v) is 2.07. The molecule has 0 aromatic heterocycles. The molecule has 106 valence electrons. The molecule has 0 heterocycles. The van der Waals surface area contributed by atoms with E-state index in [2.05, 4.69) is 9.99 Å². The predicted octanol–water partition coefficient (Wildman–Crippen LogP) is 1.24. The van der Waals surface area contributed by atoms with E-state index in [1.54, 1.807) is 0 Å². The fraction of sp³-hybridized carbons (Fsp3) is 0.300. The molecule has 19 heavy (non-hydrogen) atoms. The van der Waals surface area contributed by atoms with Crippen molar-refractivity contribution in [3.63, 3.8) is 0 Å². The first-order chi connectivity index (χ1) is 8.93. The van der Waals surface area contributed by atoms with Gasteiger partial charge in [-0.2, -0.15) is 0 Å². The van der Waals surface area contributed by atoms with E-state index in [1.165, 1.54) is 0 Å². The summed E-state index contributed by atoms with van der Waals surface area (Å²) in [6.45, 7) is -2.42. The van der Waals surface area contributed by atoms with Crippen molar-refractivity contribution in [1.82, 2.24) is 0 Å². The molecule has 0 spiro atoms. The predicted molar refractivity (Wildman–Crippen MR) is 52.6 cm³/mol. The van der Waals surface area contributed by atoms with Crippen molar-refractivity contribution in [2.45, 2.75) is 6.61 Å². The zero-order valence-corrected chi connectivity index (χ0v) is 9.26. The van der Waals surface area contributed by atoms with Gasteiger partial charge >= 0.3 is 0 Å². The first-order valence-electron chi connectivity index (χ1n) is 4.83. The Morgan fingerprint density at radius 2 is 1.26 bits per heavy atom. The van der Waals surface area contributed by atoms with E-state index >= 15 is 0 Å². The van der Waals surface area contributed by atoms with Gasteiger partial charge in [-0.05, 0) is 0 Å². The lowest BCUT2D eigenvalue weighted by Crippen LogP contribution is -2.11. The van der Waals surface area contributed by atoms with Gasteiger partial charge in [-0.3, -0.25) is 0 Å². The van der Waals surface area contributed by atoms with E-state index < -0.39 is 54.5 Å². The van der Waals surface area contributed by atoms with Crippen molar-refractivity contribution < 1.29 is 37.0 Å². The average molecular weight is 285 g/mol. The molecule has 0 saturated heterocycles. The lowest BCUT2D eigenvalue weighted by atomic mass is 10.2.